The van der Waals surface area contributed by atoms with E-state index in [1.165, 1.54) is 5.57 Å². The van der Waals surface area contributed by atoms with Crippen molar-refractivity contribution in [3.05, 3.63) is 11.3 Å². The molecule has 0 bridgehead atoms. The highest BCUT2D eigenvalue weighted by molar-refractivity contribution is 5.81. The van der Waals surface area contributed by atoms with Crippen LogP contribution in [0.3, 0.4) is 0 Å². The van der Waals surface area contributed by atoms with Gasteiger partial charge in [0.2, 0.25) is 0 Å². The SMILES string of the molecule is C=NC1=C(/C=N\C)CC1. The topological polar surface area (TPSA) is 24.7 Å². The van der Waals surface area contributed by atoms with Gasteiger partial charge >= 0.3 is 0 Å². The Labute approximate surface area is 55.0 Å². The van der Waals surface area contributed by atoms with Crippen LogP contribution in [0.4, 0.5) is 0 Å². The molecule has 0 aromatic carbocycles. The Bertz CT molecular complexity index is 177. The van der Waals surface area contributed by atoms with E-state index in [2.05, 4.69) is 16.7 Å². The molecule has 0 aromatic heterocycles. The van der Waals surface area contributed by atoms with Crippen molar-refractivity contribution in [3.63, 3.8) is 0 Å². The lowest BCUT2D eigenvalue weighted by atomic mass is 9.96. The van der Waals surface area contributed by atoms with Gasteiger partial charge in [-0.3, -0.25) is 9.98 Å². The van der Waals surface area contributed by atoms with Crippen LogP contribution >= 0.6 is 0 Å². The van der Waals surface area contributed by atoms with Crippen molar-refractivity contribution < 1.29 is 0 Å². The summed E-state index contributed by atoms with van der Waals surface area (Å²) >= 11 is 0. The normalized spacial score (nSPS) is 18.3. The van der Waals surface area contributed by atoms with Crippen molar-refractivity contribution >= 4 is 12.9 Å². The predicted molar refractivity (Wildman–Crippen MR) is 40.2 cm³/mol. The predicted octanol–water partition coefficient (Wildman–Crippen LogP) is 1.44. The van der Waals surface area contributed by atoms with Gasteiger partial charge in [-0.1, -0.05) is 0 Å². The Kier molecular flexibility index (Phi) is 1.78. The summed E-state index contributed by atoms with van der Waals surface area (Å²) in [6, 6.07) is 0. The van der Waals surface area contributed by atoms with Crippen LogP contribution in [0.5, 0.6) is 0 Å². The van der Waals surface area contributed by atoms with E-state index >= 15 is 0 Å². The molecular weight excluding hydrogens is 112 g/mol. The lowest BCUT2D eigenvalue weighted by Gasteiger charge is -2.15. The maximum absolute atomic E-state index is 3.89. The first-order valence-electron chi connectivity index (χ1n) is 2.99. The minimum atomic E-state index is 1.07. The van der Waals surface area contributed by atoms with Gasteiger partial charge in [0.25, 0.3) is 0 Å². The van der Waals surface area contributed by atoms with Crippen molar-refractivity contribution in [2.24, 2.45) is 9.98 Å². The zero-order valence-electron chi connectivity index (χ0n) is 5.59. The molecule has 0 saturated heterocycles. The molecule has 0 radical (unpaired) electrons. The lowest BCUT2D eigenvalue weighted by molar-refractivity contribution is 0.831. The highest BCUT2D eigenvalue weighted by Gasteiger charge is 2.12. The zero-order valence-corrected chi connectivity index (χ0v) is 5.59. The molecule has 1 aliphatic carbocycles. The first-order valence-corrected chi connectivity index (χ1v) is 2.99. The molecule has 0 spiro atoms. The molecule has 0 heterocycles. The van der Waals surface area contributed by atoms with Gasteiger partial charge in [0.15, 0.2) is 0 Å². The second-order valence-corrected chi connectivity index (χ2v) is 2.02. The van der Waals surface area contributed by atoms with Crippen molar-refractivity contribution in [3.8, 4) is 0 Å². The van der Waals surface area contributed by atoms with E-state index in [1.54, 1.807) is 7.05 Å². The van der Waals surface area contributed by atoms with Crippen molar-refractivity contribution in [1.29, 1.82) is 0 Å². The fourth-order valence-corrected chi connectivity index (χ4v) is 0.857. The molecule has 0 fully saturated rings. The fraction of sp³-hybridized carbons (Fsp3) is 0.429. The molecule has 9 heavy (non-hydrogen) atoms. The molecule has 0 atom stereocenters. The second-order valence-electron chi connectivity index (χ2n) is 2.02. The molecule has 0 N–H and O–H groups in total. The van der Waals surface area contributed by atoms with Gasteiger partial charge in [0.1, 0.15) is 0 Å². The second kappa shape index (κ2) is 2.58. The van der Waals surface area contributed by atoms with Crippen LogP contribution in [-0.4, -0.2) is 20.0 Å². The number of allylic oxidation sites excluding steroid dienone is 2. The highest BCUT2D eigenvalue weighted by Crippen LogP contribution is 2.26. The number of hydrogen-bond acceptors (Lipinski definition) is 2. The number of rotatable bonds is 2. The standard InChI is InChI=1S/C7H10N2/c1-8-5-6-3-4-7(6)9-2/h5H,2-4H2,1H3/b8-5-. The molecule has 1 rings (SSSR count). The zero-order chi connectivity index (χ0) is 6.69. The summed E-state index contributed by atoms with van der Waals surface area (Å²) in [5.74, 6) is 0. The van der Waals surface area contributed by atoms with E-state index in [0.29, 0.717) is 0 Å². The Morgan fingerprint density at radius 3 is 2.67 bits per heavy atom. The van der Waals surface area contributed by atoms with E-state index in [1.807, 2.05) is 6.21 Å². The highest BCUT2D eigenvalue weighted by atomic mass is 14.7. The Morgan fingerprint density at radius 1 is 1.56 bits per heavy atom. The van der Waals surface area contributed by atoms with Crippen molar-refractivity contribution in [2.75, 3.05) is 7.05 Å². The smallest absolute Gasteiger partial charge is 0.0446 e. The van der Waals surface area contributed by atoms with Crippen molar-refractivity contribution in [1.82, 2.24) is 0 Å². The average molecular weight is 122 g/mol. The Balaban J connectivity index is 2.69. The molecule has 0 unspecified atom stereocenters. The third-order valence-corrected chi connectivity index (χ3v) is 1.48. The summed E-state index contributed by atoms with van der Waals surface area (Å²) in [4.78, 5) is 7.72. The van der Waals surface area contributed by atoms with Gasteiger partial charge < -0.3 is 0 Å². The van der Waals surface area contributed by atoms with Gasteiger partial charge in [-0.25, -0.2) is 0 Å². The molecule has 48 valence electrons. The van der Waals surface area contributed by atoms with Crippen LogP contribution < -0.4 is 0 Å². The van der Waals surface area contributed by atoms with Crippen molar-refractivity contribution in [2.45, 2.75) is 12.8 Å². The van der Waals surface area contributed by atoms with E-state index in [-0.39, 0.29) is 0 Å². The van der Waals surface area contributed by atoms with Crippen LogP contribution in [0.15, 0.2) is 21.3 Å². The summed E-state index contributed by atoms with van der Waals surface area (Å²) in [6.45, 7) is 3.45. The first kappa shape index (κ1) is 6.20. The molecule has 0 aromatic rings. The minimum Gasteiger partial charge on any atom is -0.296 e. The van der Waals surface area contributed by atoms with E-state index < -0.39 is 0 Å². The summed E-state index contributed by atoms with van der Waals surface area (Å²) in [5.41, 5.74) is 2.35. The van der Waals surface area contributed by atoms with Crippen LogP contribution in [0.25, 0.3) is 0 Å². The molecule has 1 aliphatic rings. The molecular formula is C7H10N2. The lowest BCUT2D eigenvalue weighted by Crippen LogP contribution is -2.02. The number of nitrogens with zero attached hydrogens (tertiary/aromatic N) is 2. The van der Waals surface area contributed by atoms with E-state index in [0.717, 1.165) is 18.5 Å². The maximum atomic E-state index is 3.89. The summed E-state index contributed by atoms with van der Waals surface area (Å²) < 4.78 is 0. The Morgan fingerprint density at radius 2 is 2.33 bits per heavy atom. The number of aliphatic imine (C=N–C) groups is 2. The first-order chi connectivity index (χ1) is 4.38. The molecule has 2 nitrogen and oxygen atoms in total. The van der Waals surface area contributed by atoms with Crippen LogP contribution in [0, 0.1) is 0 Å². The van der Waals surface area contributed by atoms with E-state index in [9.17, 15) is 0 Å². The summed E-state index contributed by atoms with van der Waals surface area (Å²) in [6.07, 6.45) is 4.05. The number of hydrogen-bond donors (Lipinski definition) is 0. The molecule has 2 heteroatoms. The van der Waals surface area contributed by atoms with Gasteiger partial charge in [-0.2, -0.15) is 0 Å². The van der Waals surface area contributed by atoms with E-state index in [4.69, 9.17) is 0 Å². The third-order valence-electron chi connectivity index (χ3n) is 1.48. The van der Waals surface area contributed by atoms with Crippen LogP contribution in [0.2, 0.25) is 0 Å². The molecule has 0 aliphatic heterocycles. The van der Waals surface area contributed by atoms with Gasteiger partial charge in [0, 0.05) is 19.0 Å². The minimum absolute atomic E-state index is 1.07. The Hall–Kier alpha value is -0.920. The fourth-order valence-electron chi connectivity index (χ4n) is 0.857. The van der Waals surface area contributed by atoms with Gasteiger partial charge in [-0.15, -0.1) is 0 Å². The van der Waals surface area contributed by atoms with Gasteiger partial charge in [-0.05, 0) is 25.1 Å². The van der Waals surface area contributed by atoms with Crippen LogP contribution in [-0.2, 0) is 0 Å². The maximum Gasteiger partial charge on any atom is 0.0446 e. The molecule has 0 saturated carbocycles. The average Bonchev–Trinajstić information content (AvgIpc) is 1.82. The third kappa shape index (κ3) is 1.07. The molecule has 0 amide bonds. The quantitative estimate of drug-likeness (QED) is 0.495. The largest absolute Gasteiger partial charge is 0.296 e. The van der Waals surface area contributed by atoms with Crippen LogP contribution in [0.1, 0.15) is 12.8 Å². The monoisotopic (exact) mass is 122 g/mol. The summed E-state index contributed by atoms with van der Waals surface area (Å²) in [5, 5.41) is 0. The van der Waals surface area contributed by atoms with Gasteiger partial charge in [0.05, 0.1) is 0 Å². The summed E-state index contributed by atoms with van der Waals surface area (Å²) in [7, 11) is 1.77.